The Balaban J connectivity index is 0.000000206. The molecule has 0 aliphatic carbocycles. The second-order valence-corrected chi connectivity index (χ2v) is 29.1. The summed E-state index contributed by atoms with van der Waals surface area (Å²) < 4.78 is 45.5. The Hall–Kier alpha value is -5.14. The molecule has 0 unspecified atom stereocenters. The van der Waals surface area contributed by atoms with Crippen molar-refractivity contribution in [3.8, 4) is 23.5 Å². The molecule has 6 aromatic rings. The minimum Gasteiger partial charge on any atom is -0.294 e. The summed E-state index contributed by atoms with van der Waals surface area (Å²) in [6, 6.07) is 16.3. The summed E-state index contributed by atoms with van der Waals surface area (Å²) in [5.74, 6) is -0.993. The second-order valence-electron chi connectivity index (χ2n) is 14.8. The monoisotopic (exact) mass is 1060 g/mol. The normalized spacial score (nSPS) is 10.8. The average molecular weight is 1060 g/mol. The van der Waals surface area contributed by atoms with Crippen molar-refractivity contribution in [2.75, 3.05) is 6.61 Å². The maximum atomic E-state index is 13.4. The third kappa shape index (κ3) is 13.9. The van der Waals surface area contributed by atoms with Crippen LogP contribution >= 0.6 is 22.6 Å². The molecule has 12 nitrogen and oxygen atoms in total. The summed E-state index contributed by atoms with van der Waals surface area (Å²) in [6.07, 6.45) is 17.7. The molecule has 0 saturated heterocycles. The van der Waals surface area contributed by atoms with Crippen LogP contribution in [0.25, 0.3) is 11.4 Å². The van der Waals surface area contributed by atoms with E-state index < -0.39 is 24.2 Å². The number of hydrogen-bond donors (Lipinski definition) is 0. The van der Waals surface area contributed by atoms with Gasteiger partial charge in [-0.2, -0.15) is 30.9 Å². The summed E-state index contributed by atoms with van der Waals surface area (Å²) in [6.45, 7) is 16.4. The number of ether oxygens (including phenoxy) is 1. The van der Waals surface area contributed by atoms with E-state index in [1.165, 1.54) is 105 Å². The van der Waals surface area contributed by atoms with E-state index in [-0.39, 0.29) is 17.2 Å². The Bertz CT molecular complexity index is 2440. The van der Waals surface area contributed by atoms with Crippen LogP contribution in [-0.4, -0.2) is 69.9 Å². The summed E-state index contributed by atoms with van der Waals surface area (Å²) in [5.41, 5.74) is 4.20. The van der Waals surface area contributed by atoms with Gasteiger partial charge in [-0.15, -0.1) is 0 Å². The topological polar surface area (TPSA) is 145 Å². The van der Waals surface area contributed by atoms with Crippen LogP contribution in [0.2, 0.25) is 13.3 Å². The number of benzene rings is 2. The molecule has 4 heterocycles. The van der Waals surface area contributed by atoms with Gasteiger partial charge in [0.1, 0.15) is 23.8 Å². The third-order valence-electron chi connectivity index (χ3n) is 10.3. The minimum atomic E-state index is -2.24. The van der Waals surface area contributed by atoms with Crippen LogP contribution < -0.4 is 0 Å². The van der Waals surface area contributed by atoms with Gasteiger partial charge in [0, 0.05) is 33.9 Å². The van der Waals surface area contributed by atoms with Crippen LogP contribution in [0.3, 0.4) is 0 Å². The Morgan fingerprint density at radius 2 is 1.21 bits per heavy atom. The molecule has 0 radical (unpaired) electrons. The van der Waals surface area contributed by atoms with Gasteiger partial charge in [0.15, 0.2) is 5.78 Å². The number of unbranched alkanes of at least 4 members (excludes halogenated alkanes) is 3. The molecule has 0 aliphatic rings. The SMILES string of the molecule is C=[C](OCC)[Sn]([CH2]CCC)([CH2]CCC)[CH2]CCC.CC(=O)c1cc(F)ccc1-n1nccc1Cn1cc(C#N)cn1.N#Cc1cnn(Cc2ccnn2-c2ccc(F)cc2I)c1. The van der Waals surface area contributed by atoms with Crippen molar-refractivity contribution in [1.82, 2.24) is 39.1 Å². The molecular formula is C46H55F2IN10O2Sn. The minimum absolute atomic E-state index is 0.244. The fourth-order valence-electron chi connectivity index (χ4n) is 6.98. The molecule has 62 heavy (non-hydrogen) atoms. The Labute approximate surface area is 381 Å². The van der Waals surface area contributed by atoms with Crippen LogP contribution in [0.1, 0.15) is 106 Å². The summed E-state index contributed by atoms with van der Waals surface area (Å²) >= 11 is -0.164. The Morgan fingerprint density at radius 3 is 1.63 bits per heavy atom. The van der Waals surface area contributed by atoms with Gasteiger partial charge in [-0.1, -0.05) is 0 Å². The van der Waals surface area contributed by atoms with Gasteiger partial charge in [0.2, 0.25) is 0 Å². The predicted octanol–water partition coefficient (Wildman–Crippen LogP) is 11.0. The number of nitriles is 2. The fraction of sp³-hybridized carbons (Fsp3) is 0.370. The van der Waals surface area contributed by atoms with Crippen molar-refractivity contribution in [2.45, 2.75) is 99.5 Å². The van der Waals surface area contributed by atoms with Crippen LogP contribution in [0, 0.1) is 37.9 Å². The molecule has 2 aromatic carbocycles. The van der Waals surface area contributed by atoms with Crippen molar-refractivity contribution in [1.29, 1.82) is 10.5 Å². The standard InChI is InChI=1S/C16H12FN5O.C14H9FIN5.C4H7O.3C4H9.Sn/c1-11(23)15-6-13(17)2-3-16(15)22-14(4-5-19-22)10-21-9-12(7-18)8-20-21;15-11-1-2-14(13(16)5-11)21-12(3-4-18-21)9-20-8-10(6-17)7-19-20;1-3-5-4-2;3*1-3-4-2;/h2-6,8-9H,10H2,1H3;1-5,7-8H,9H2;1,4H2,2H3;3*1,3-4H2,2H3;. The Morgan fingerprint density at radius 1 is 0.742 bits per heavy atom. The molecule has 0 spiro atoms. The van der Waals surface area contributed by atoms with Gasteiger partial charge in [-0.3, -0.25) is 14.2 Å². The van der Waals surface area contributed by atoms with E-state index in [1.807, 2.05) is 18.2 Å². The summed E-state index contributed by atoms with van der Waals surface area (Å²) in [7, 11) is 0. The van der Waals surface area contributed by atoms with E-state index in [0.29, 0.717) is 29.9 Å². The first-order valence-electron chi connectivity index (χ1n) is 20.9. The predicted molar refractivity (Wildman–Crippen MR) is 248 cm³/mol. The molecule has 326 valence electrons. The van der Waals surface area contributed by atoms with Crippen LogP contribution in [0.15, 0.2) is 96.1 Å². The van der Waals surface area contributed by atoms with E-state index in [9.17, 15) is 13.6 Å². The maximum Gasteiger partial charge on any atom is 0.162 e. The van der Waals surface area contributed by atoms with Crippen molar-refractivity contribution < 1.29 is 18.3 Å². The molecule has 0 bridgehead atoms. The number of carbonyl (C=O) groups excluding carboxylic acids is 1. The number of hydrogen-bond acceptors (Lipinski definition) is 8. The number of nitrogens with zero attached hydrogens (tertiary/aromatic N) is 10. The zero-order valence-electron chi connectivity index (χ0n) is 36.2. The van der Waals surface area contributed by atoms with Gasteiger partial charge in [-0.25, -0.2) is 18.1 Å². The smallest absolute Gasteiger partial charge is 0.162 e. The molecule has 0 atom stereocenters. The van der Waals surface area contributed by atoms with Gasteiger partial charge < -0.3 is 0 Å². The van der Waals surface area contributed by atoms with Gasteiger partial charge in [0.25, 0.3) is 0 Å². The number of halogens is 3. The van der Waals surface area contributed by atoms with Crippen molar-refractivity contribution in [3.05, 3.63) is 139 Å². The van der Waals surface area contributed by atoms with Crippen molar-refractivity contribution in [2.24, 2.45) is 0 Å². The molecule has 0 saturated carbocycles. The van der Waals surface area contributed by atoms with E-state index >= 15 is 0 Å². The van der Waals surface area contributed by atoms with Crippen molar-refractivity contribution >= 4 is 46.8 Å². The molecule has 6 rings (SSSR count). The van der Waals surface area contributed by atoms with Crippen LogP contribution in [0.5, 0.6) is 0 Å². The number of carbonyl (C=O) groups is 1. The molecule has 0 N–H and O–H groups in total. The number of Topliss-reactive ketones (excluding diaryl/α,β-unsaturated/α-hetero) is 1. The first-order valence-corrected chi connectivity index (χ1v) is 29.5. The largest absolute Gasteiger partial charge is 0.294 e. The number of ketones is 1. The number of rotatable bonds is 19. The third-order valence-corrected chi connectivity index (χ3v) is 26.1. The zero-order valence-corrected chi connectivity index (χ0v) is 41.2. The molecular weight excluding hydrogens is 1010 g/mol. The summed E-state index contributed by atoms with van der Waals surface area (Å²) in [4.78, 5) is 11.8. The average Bonchev–Trinajstić information content (AvgIpc) is 4.11. The first-order chi connectivity index (χ1) is 29.9. The van der Waals surface area contributed by atoms with Gasteiger partial charge in [0.05, 0.1) is 59.4 Å². The van der Waals surface area contributed by atoms with E-state index in [4.69, 9.17) is 15.3 Å². The molecule has 0 amide bonds. The fourth-order valence-corrected chi connectivity index (χ4v) is 22.3. The second kappa shape index (κ2) is 25.1. The van der Waals surface area contributed by atoms with E-state index in [0.717, 1.165) is 27.3 Å². The maximum absolute atomic E-state index is 13.4. The van der Waals surface area contributed by atoms with Crippen LogP contribution in [-0.2, 0) is 17.8 Å². The van der Waals surface area contributed by atoms with Gasteiger partial charge in [-0.05, 0) is 78.0 Å². The molecule has 4 aromatic heterocycles. The molecule has 16 heteroatoms. The van der Waals surface area contributed by atoms with Crippen molar-refractivity contribution in [3.63, 3.8) is 0 Å². The summed E-state index contributed by atoms with van der Waals surface area (Å²) in [5, 5.41) is 34.4. The quantitative estimate of drug-likeness (QED) is 0.0337. The Kier molecular flexibility index (Phi) is 20.0. The molecule has 0 fully saturated rings. The van der Waals surface area contributed by atoms with Gasteiger partial charge >= 0.3 is 120 Å². The zero-order chi connectivity index (χ0) is 45.1. The van der Waals surface area contributed by atoms with E-state index in [2.05, 4.69) is 77.3 Å². The molecule has 0 aliphatic heterocycles. The van der Waals surface area contributed by atoms with E-state index in [1.54, 1.807) is 55.6 Å². The number of aromatic nitrogens is 8. The first kappa shape index (κ1) is 49.5. The van der Waals surface area contributed by atoms with Crippen LogP contribution in [0.4, 0.5) is 8.78 Å².